The Morgan fingerprint density at radius 3 is 3.00 bits per heavy atom. The highest BCUT2D eigenvalue weighted by atomic mass is 79.9. The quantitative estimate of drug-likeness (QED) is 0.854. The van der Waals surface area contributed by atoms with Crippen LogP contribution >= 0.6 is 15.9 Å². The summed E-state index contributed by atoms with van der Waals surface area (Å²) in [5, 5.41) is 2.72. The number of carbonyl (C=O) groups is 1. The van der Waals surface area contributed by atoms with Crippen molar-refractivity contribution in [1.29, 1.82) is 0 Å². The Morgan fingerprint density at radius 1 is 1.67 bits per heavy atom. The number of methoxy groups -OCH3 is 1. The van der Waals surface area contributed by atoms with Crippen LogP contribution in [0.5, 0.6) is 0 Å². The van der Waals surface area contributed by atoms with Crippen LogP contribution in [-0.4, -0.2) is 13.0 Å². The summed E-state index contributed by atoms with van der Waals surface area (Å²) in [6.07, 6.45) is 1.23. The molecule has 4 heteroatoms. The lowest BCUT2D eigenvalue weighted by molar-refractivity contribution is -0.111. The van der Waals surface area contributed by atoms with Crippen molar-refractivity contribution in [3.63, 3.8) is 0 Å². The number of anilines is 1. The molecule has 1 aromatic carbocycles. The van der Waals surface area contributed by atoms with Gasteiger partial charge in [0.1, 0.15) is 0 Å². The Balaban J connectivity index is 2.99. The molecule has 0 unspecified atom stereocenters. The van der Waals surface area contributed by atoms with Gasteiger partial charge >= 0.3 is 0 Å². The number of rotatable bonds is 4. The minimum Gasteiger partial charge on any atom is -0.380 e. The first-order valence-corrected chi connectivity index (χ1v) is 5.18. The van der Waals surface area contributed by atoms with E-state index in [1.165, 1.54) is 6.08 Å². The summed E-state index contributed by atoms with van der Waals surface area (Å²) in [5.74, 6) is -0.231. The van der Waals surface area contributed by atoms with Crippen molar-refractivity contribution in [2.24, 2.45) is 0 Å². The van der Waals surface area contributed by atoms with Crippen LogP contribution in [0.15, 0.2) is 35.3 Å². The van der Waals surface area contributed by atoms with Gasteiger partial charge in [-0.05, 0) is 18.2 Å². The topological polar surface area (TPSA) is 38.3 Å². The number of amides is 1. The molecule has 0 aromatic heterocycles. The largest absolute Gasteiger partial charge is 0.380 e. The van der Waals surface area contributed by atoms with Gasteiger partial charge in [0.15, 0.2) is 0 Å². The van der Waals surface area contributed by atoms with Gasteiger partial charge in [0.05, 0.1) is 6.61 Å². The molecule has 0 radical (unpaired) electrons. The lowest BCUT2D eigenvalue weighted by atomic mass is 10.2. The zero-order valence-electron chi connectivity index (χ0n) is 8.42. The average molecular weight is 270 g/mol. The van der Waals surface area contributed by atoms with Crippen LogP contribution in [0.3, 0.4) is 0 Å². The summed E-state index contributed by atoms with van der Waals surface area (Å²) in [6.45, 7) is 3.84. The van der Waals surface area contributed by atoms with Crippen molar-refractivity contribution in [1.82, 2.24) is 0 Å². The number of hydrogen-bond donors (Lipinski definition) is 1. The number of hydrogen-bond acceptors (Lipinski definition) is 2. The Bertz CT molecular complexity index is 377. The van der Waals surface area contributed by atoms with Crippen molar-refractivity contribution in [2.45, 2.75) is 6.61 Å². The standard InChI is InChI=1S/C11H12BrNO2/c1-3-11(14)13-10-6-4-5-9(12)8(10)7-15-2/h3-6H,1,7H2,2H3,(H,13,14). The molecule has 0 atom stereocenters. The average Bonchev–Trinajstić information content (AvgIpc) is 2.23. The fourth-order valence-corrected chi connectivity index (χ4v) is 1.63. The Kier molecular flexibility index (Phi) is 4.52. The molecule has 0 aliphatic heterocycles. The first-order valence-electron chi connectivity index (χ1n) is 4.38. The molecule has 1 rings (SSSR count). The van der Waals surface area contributed by atoms with E-state index in [2.05, 4.69) is 27.8 Å². The molecule has 0 fully saturated rings. The van der Waals surface area contributed by atoms with E-state index in [1.54, 1.807) is 7.11 Å². The molecule has 0 aliphatic carbocycles. The van der Waals surface area contributed by atoms with Gasteiger partial charge < -0.3 is 10.1 Å². The van der Waals surface area contributed by atoms with Crippen LogP contribution in [0.1, 0.15) is 5.56 Å². The predicted octanol–water partition coefficient (Wildman–Crippen LogP) is 2.72. The molecule has 0 heterocycles. The highest BCUT2D eigenvalue weighted by molar-refractivity contribution is 9.10. The lowest BCUT2D eigenvalue weighted by Crippen LogP contribution is -2.10. The van der Waals surface area contributed by atoms with Gasteiger partial charge in [-0.2, -0.15) is 0 Å². The molecule has 0 saturated carbocycles. The number of ether oxygens (including phenoxy) is 1. The molecule has 1 aromatic rings. The van der Waals surface area contributed by atoms with E-state index in [0.717, 1.165) is 15.7 Å². The first-order chi connectivity index (χ1) is 7.19. The summed E-state index contributed by atoms with van der Waals surface area (Å²) >= 11 is 3.40. The number of benzene rings is 1. The highest BCUT2D eigenvalue weighted by Crippen LogP contribution is 2.25. The van der Waals surface area contributed by atoms with Crippen molar-refractivity contribution in [3.8, 4) is 0 Å². The second kappa shape index (κ2) is 5.68. The van der Waals surface area contributed by atoms with Crippen LogP contribution in [0.2, 0.25) is 0 Å². The van der Waals surface area contributed by atoms with E-state index in [4.69, 9.17) is 4.74 Å². The maximum atomic E-state index is 11.2. The van der Waals surface area contributed by atoms with Crippen molar-refractivity contribution in [3.05, 3.63) is 40.9 Å². The van der Waals surface area contributed by atoms with Crippen molar-refractivity contribution < 1.29 is 9.53 Å². The third-order valence-electron chi connectivity index (χ3n) is 1.85. The van der Waals surface area contributed by atoms with E-state index in [-0.39, 0.29) is 5.91 Å². The predicted molar refractivity (Wildman–Crippen MR) is 63.7 cm³/mol. The minimum atomic E-state index is -0.231. The number of nitrogens with one attached hydrogen (secondary N) is 1. The maximum absolute atomic E-state index is 11.2. The van der Waals surface area contributed by atoms with Gasteiger partial charge in [-0.15, -0.1) is 0 Å². The van der Waals surface area contributed by atoms with Gasteiger partial charge in [0.2, 0.25) is 5.91 Å². The van der Waals surface area contributed by atoms with Crippen LogP contribution < -0.4 is 5.32 Å². The third kappa shape index (κ3) is 3.18. The normalized spacial score (nSPS) is 9.73. The Labute approximate surface area is 97.3 Å². The van der Waals surface area contributed by atoms with E-state index in [9.17, 15) is 4.79 Å². The van der Waals surface area contributed by atoms with E-state index in [0.29, 0.717) is 6.61 Å². The van der Waals surface area contributed by atoms with Gasteiger partial charge in [0, 0.05) is 22.8 Å². The van der Waals surface area contributed by atoms with Gasteiger partial charge in [-0.1, -0.05) is 28.6 Å². The molecule has 1 amide bonds. The first kappa shape index (κ1) is 11.9. The molecule has 0 bridgehead atoms. The summed E-state index contributed by atoms with van der Waals surface area (Å²) in [5.41, 5.74) is 1.64. The SMILES string of the molecule is C=CC(=O)Nc1cccc(Br)c1COC. The highest BCUT2D eigenvalue weighted by Gasteiger charge is 2.07. The van der Waals surface area contributed by atoms with Gasteiger partial charge in [0.25, 0.3) is 0 Å². The van der Waals surface area contributed by atoms with Crippen LogP contribution in [0.4, 0.5) is 5.69 Å². The van der Waals surface area contributed by atoms with Crippen molar-refractivity contribution in [2.75, 3.05) is 12.4 Å². The lowest BCUT2D eigenvalue weighted by Gasteiger charge is -2.10. The third-order valence-corrected chi connectivity index (χ3v) is 2.59. The number of carbonyl (C=O) groups excluding carboxylic acids is 1. The van der Waals surface area contributed by atoms with Gasteiger partial charge in [-0.3, -0.25) is 4.79 Å². The molecule has 0 spiro atoms. The second-order valence-electron chi connectivity index (χ2n) is 2.89. The van der Waals surface area contributed by atoms with Crippen molar-refractivity contribution >= 4 is 27.5 Å². The molecule has 1 N–H and O–H groups in total. The fourth-order valence-electron chi connectivity index (χ4n) is 1.15. The minimum absolute atomic E-state index is 0.231. The molecule has 80 valence electrons. The van der Waals surface area contributed by atoms with E-state index < -0.39 is 0 Å². The van der Waals surface area contributed by atoms with E-state index >= 15 is 0 Å². The second-order valence-corrected chi connectivity index (χ2v) is 3.75. The summed E-state index contributed by atoms with van der Waals surface area (Å²) in [6, 6.07) is 5.57. The molecule has 15 heavy (non-hydrogen) atoms. The van der Waals surface area contributed by atoms with Crippen LogP contribution in [0, 0.1) is 0 Å². The molecule has 0 aliphatic rings. The monoisotopic (exact) mass is 269 g/mol. The Hall–Kier alpha value is -1.13. The molecular weight excluding hydrogens is 258 g/mol. The molecule has 0 saturated heterocycles. The summed E-state index contributed by atoms with van der Waals surface area (Å²) < 4.78 is 5.97. The smallest absolute Gasteiger partial charge is 0.247 e. The maximum Gasteiger partial charge on any atom is 0.247 e. The Morgan fingerprint density at radius 2 is 2.40 bits per heavy atom. The fraction of sp³-hybridized carbons (Fsp3) is 0.182. The zero-order chi connectivity index (χ0) is 11.3. The summed E-state index contributed by atoms with van der Waals surface area (Å²) in [7, 11) is 1.61. The zero-order valence-corrected chi connectivity index (χ0v) is 10.0. The number of halogens is 1. The van der Waals surface area contributed by atoms with E-state index in [1.807, 2.05) is 18.2 Å². The van der Waals surface area contributed by atoms with Crippen LogP contribution in [0.25, 0.3) is 0 Å². The van der Waals surface area contributed by atoms with Gasteiger partial charge in [-0.25, -0.2) is 0 Å². The molecule has 3 nitrogen and oxygen atoms in total. The molecular formula is C11H12BrNO2. The summed E-state index contributed by atoms with van der Waals surface area (Å²) in [4.78, 5) is 11.2. The van der Waals surface area contributed by atoms with Crippen LogP contribution in [-0.2, 0) is 16.1 Å².